The summed E-state index contributed by atoms with van der Waals surface area (Å²) in [6.45, 7) is 3.58. The van der Waals surface area contributed by atoms with Crippen LogP contribution in [0, 0.1) is 15.9 Å². The molecule has 0 bridgehead atoms. The van der Waals surface area contributed by atoms with Crippen LogP contribution < -0.4 is 59.0 Å². The third kappa shape index (κ3) is 11.8. The van der Waals surface area contributed by atoms with E-state index in [9.17, 15) is 19.7 Å². The summed E-state index contributed by atoms with van der Waals surface area (Å²) in [5.41, 5.74) is 9.51. The van der Waals surface area contributed by atoms with Crippen molar-refractivity contribution in [3.8, 4) is 46.0 Å². The van der Waals surface area contributed by atoms with E-state index in [0.29, 0.717) is 45.4 Å². The van der Waals surface area contributed by atoms with Crippen LogP contribution in [0.15, 0.2) is 103 Å². The van der Waals surface area contributed by atoms with Crippen molar-refractivity contribution in [2.45, 2.75) is 20.0 Å². The van der Waals surface area contributed by atoms with Gasteiger partial charge in [-0.15, -0.1) is 0 Å². The van der Waals surface area contributed by atoms with Crippen LogP contribution in [-0.4, -0.2) is 72.6 Å². The Morgan fingerprint density at radius 2 is 1.22 bits per heavy atom. The van der Waals surface area contributed by atoms with Gasteiger partial charge in [-0.25, -0.2) is 14.0 Å². The van der Waals surface area contributed by atoms with E-state index < -0.39 is 22.7 Å². The second-order valence-corrected chi connectivity index (χ2v) is 15.1. The summed E-state index contributed by atoms with van der Waals surface area (Å²) in [7, 11) is 11.0. The molecule has 0 radical (unpaired) electrons. The molecular weight excluding hydrogens is 882 g/mol. The summed E-state index contributed by atoms with van der Waals surface area (Å²) in [6.07, 6.45) is 3.09. The topological polar surface area (TPSA) is 190 Å². The maximum absolute atomic E-state index is 15.7. The second kappa shape index (κ2) is 22.0. The standard InChI is InChI=1S/C50H50FN5O12/c1-29(2)66-45-23-31(53-54-48-40(51)22-32(24-47(48)65-9)52-41-21-16-34(55(3)4)25-46(41)64-8)13-19-39(45)50(58)67-35-17-20-38(44(26-35)63-7)49(57)68-36-27-42(61-5)37(43(28-36)62-6)18-12-30-10-14-33(15-11-30)56(59)60/h10-29,52-54H,1-9H3/b18-12+. The molecule has 68 heavy (non-hydrogen) atoms. The summed E-state index contributed by atoms with van der Waals surface area (Å²) >= 11 is 0. The van der Waals surface area contributed by atoms with Gasteiger partial charge in [0.2, 0.25) is 0 Å². The Kier molecular flexibility index (Phi) is 15.8. The zero-order valence-corrected chi connectivity index (χ0v) is 38.7. The maximum Gasteiger partial charge on any atom is 0.347 e. The smallest absolute Gasteiger partial charge is 0.347 e. The van der Waals surface area contributed by atoms with Crippen LogP contribution in [0.2, 0.25) is 0 Å². The largest absolute Gasteiger partial charge is 0.496 e. The molecule has 0 saturated heterocycles. The Labute approximate surface area is 392 Å². The fraction of sp³-hybridized carbons (Fsp3) is 0.200. The van der Waals surface area contributed by atoms with Crippen molar-refractivity contribution in [1.82, 2.24) is 0 Å². The van der Waals surface area contributed by atoms with E-state index in [1.807, 2.05) is 37.2 Å². The number of methoxy groups -OCH3 is 5. The number of carbonyl (C=O) groups excluding carboxylic acids is 2. The van der Waals surface area contributed by atoms with E-state index in [-0.39, 0.29) is 57.4 Å². The lowest BCUT2D eigenvalue weighted by molar-refractivity contribution is -0.384. The number of nitrogens with one attached hydrogen (secondary N) is 3. The molecule has 0 heterocycles. The summed E-state index contributed by atoms with van der Waals surface area (Å²) in [5, 5.41) is 14.2. The number of esters is 2. The predicted molar refractivity (Wildman–Crippen MR) is 257 cm³/mol. The van der Waals surface area contributed by atoms with Crippen molar-refractivity contribution >= 4 is 58.2 Å². The predicted octanol–water partition coefficient (Wildman–Crippen LogP) is 10.4. The second-order valence-electron chi connectivity index (χ2n) is 15.1. The van der Waals surface area contributed by atoms with E-state index in [0.717, 1.165) is 5.69 Å². The summed E-state index contributed by atoms with van der Waals surface area (Å²) in [4.78, 5) is 39.7. The van der Waals surface area contributed by atoms with Crippen LogP contribution in [0.25, 0.3) is 12.2 Å². The normalized spacial score (nSPS) is 10.8. The number of nitro benzene ring substituents is 1. The zero-order valence-electron chi connectivity index (χ0n) is 38.7. The SMILES string of the molecule is COc1cc(N(C)C)ccc1Nc1cc(F)c(NNc2ccc(C(=O)Oc3ccc(C(=O)Oc4cc(OC)c(/C=C/c5ccc([N+](=O)[O-])cc5)c(OC)c4)c(OC)c3)c(OC(C)C)c2)c(OC)c1. The molecule has 0 amide bonds. The summed E-state index contributed by atoms with van der Waals surface area (Å²) < 4.78 is 60.8. The Morgan fingerprint density at radius 1 is 0.632 bits per heavy atom. The van der Waals surface area contributed by atoms with Crippen molar-refractivity contribution in [3.63, 3.8) is 0 Å². The molecule has 6 aromatic carbocycles. The van der Waals surface area contributed by atoms with E-state index in [2.05, 4.69) is 16.2 Å². The Bertz CT molecular complexity index is 2810. The first-order chi connectivity index (χ1) is 32.6. The molecule has 0 unspecified atom stereocenters. The van der Waals surface area contributed by atoms with Crippen LogP contribution in [0.5, 0.6) is 46.0 Å². The number of anilines is 5. The number of halogens is 1. The Balaban J connectivity index is 1.14. The lowest BCUT2D eigenvalue weighted by atomic mass is 10.1. The Morgan fingerprint density at radius 3 is 1.82 bits per heavy atom. The molecule has 17 nitrogen and oxygen atoms in total. The van der Waals surface area contributed by atoms with Gasteiger partial charge in [0.05, 0.1) is 63.5 Å². The first-order valence-electron chi connectivity index (χ1n) is 20.8. The third-order valence-corrected chi connectivity index (χ3v) is 10.0. The Hall–Kier alpha value is -8.67. The highest BCUT2D eigenvalue weighted by atomic mass is 19.1. The van der Waals surface area contributed by atoms with Gasteiger partial charge in [0.15, 0.2) is 5.82 Å². The zero-order chi connectivity index (χ0) is 49.1. The number of hydrogen-bond acceptors (Lipinski definition) is 16. The van der Waals surface area contributed by atoms with Crippen molar-refractivity contribution in [2.24, 2.45) is 0 Å². The molecular formula is C50H50FN5O12. The van der Waals surface area contributed by atoms with Crippen LogP contribution in [0.4, 0.5) is 38.5 Å². The lowest BCUT2D eigenvalue weighted by Crippen LogP contribution is -2.16. The minimum absolute atomic E-state index is 0.0209. The van der Waals surface area contributed by atoms with Crippen molar-refractivity contribution in [1.29, 1.82) is 0 Å². The number of ether oxygens (including phenoxy) is 8. The number of benzene rings is 6. The van der Waals surface area contributed by atoms with Gasteiger partial charge in [-0.05, 0) is 80.1 Å². The van der Waals surface area contributed by atoms with E-state index in [1.54, 1.807) is 63.4 Å². The average molecular weight is 932 g/mol. The molecule has 0 spiro atoms. The number of nitrogens with zero attached hydrogens (tertiary/aromatic N) is 2. The van der Waals surface area contributed by atoms with Gasteiger partial charge in [0.25, 0.3) is 5.69 Å². The average Bonchev–Trinajstić information content (AvgIpc) is 3.32. The number of nitro groups is 1. The van der Waals surface area contributed by atoms with Gasteiger partial charge in [0.1, 0.15) is 62.8 Å². The molecule has 6 rings (SSSR count). The molecule has 354 valence electrons. The van der Waals surface area contributed by atoms with Crippen LogP contribution >= 0.6 is 0 Å². The molecule has 0 saturated carbocycles. The highest BCUT2D eigenvalue weighted by Gasteiger charge is 2.22. The van der Waals surface area contributed by atoms with Crippen molar-refractivity contribution in [2.75, 3.05) is 70.7 Å². The van der Waals surface area contributed by atoms with Gasteiger partial charge < -0.3 is 53.5 Å². The third-order valence-electron chi connectivity index (χ3n) is 10.0. The molecule has 0 aliphatic carbocycles. The molecule has 0 atom stereocenters. The quantitative estimate of drug-likeness (QED) is 0.0215. The molecule has 0 aliphatic rings. The van der Waals surface area contributed by atoms with Gasteiger partial charge in [-0.3, -0.25) is 15.5 Å². The highest BCUT2D eigenvalue weighted by Crippen LogP contribution is 2.39. The highest BCUT2D eigenvalue weighted by molar-refractivity contribution is 5.96. The molecule has 0 aliphatic heterocycles. The molecule has 3 N–H and O–H groups in total. The first kappa shape index (κ1) is 48.8. The van der Waals surface area contributed by atoms with Crippen LogP contribution in [0.3, 0.4) is 0 Å². The number of rotatable bonds is 20. The minimum Gasteiger partial charge on any atom is -0.496 e. The molecule has 6 aromatic rings. The number of hydrogen-bond donors (Lipinski definition) is 3. The molecule has 0 fully saturated rings. The number of non-ortho nitro benzene ring substituents is 1. The van der Waals surface area contributed by atoms with Gasteiger partial charge >= 0.3 is 11.9 Å². The van der Waals surface area contributed by atoms with Gasteiger partial charge in [-0.2, -0.15) is 0 Å². The number of hydrazine groups is 1. The lowest BCUT2D eigenvalue weighted by Gasteiger charge is -2.19. The van der Waals surface area contributed by atoms with E-state index in [1.165, 1.54) is 83.0 Å². The van der Waals surface area contributed by atoms with E-state index in [4.69, 9.17) is 37.9 Å². The summed E-state index contributed by atoms with van der Waals surface area (Å²) in [6, 6.07) is 26.3. The van der Waals surface area contributed by atoms with Crippen LogP contribution in [-0.2, 0) is 0 Å². The monoisotopic (exact) mass is 931 g/mol. The van der Waals surface area contributed by atoms with Crippen molar-refractivity contribution in [3.05, 3.63) is 141 Å². The van der Waals surface area contributed by atoms with Crippen molar-refractivity contribution < 1.29 is 56.8 Å². The van der Waals surface area contributed by atoms with Crippen LogP contribution in [0.1, 0.15) is 45.7 Å². The first-order valence-corrected chi connectivity index (χ1v) is 20.8. The fourth-order valence-corrected chi connectivity index (χ4v) is 6.66. The summed E-state index contributed by atoms with van der Waals surface area (Å²) in [5.74, 6) is -0.421. The minimum atomic E-state index is -0.793. The van der Waals surface area contributed by atoms with Gasteiger partial charge in [0, 0.05) is 74.0 Å². The maximum atomic E-state index is 15.7. The number of carbonyl (C=O) groups is 2. The van der Waals surface area contributed by atoms with E-state index >= 15 is 4.39 Å². The molecule has 0 aromatic heterocycles. The fourth-order valence-electron chi connectivity index (χ4n) is 6.66. The van der Waals surface area contributed by atoms with Gasteiger partial charge in [-0.1, -0.05) is 6.08 Å². The molecule has 18 heteroatoms.